The van der Waals surface area contributed by atoms with Gasteiger partial charge in [0.25, 0.3) is 0 Å². The standard InChI is InChI=1S/C20H22BrNO5/c1-2-3-8-26-19(24)10-4-6-11(7-5-10)22-18(23)14-12-9-13-15(14)20(25)27-17(13)16(12)21/h4-7,12-17H,2-3,8-9H2,1H3,(H,22,23)/t12-,13-,14-,15-,16-,17+/m1/s1. The van der Waals surface area contributed by atoms with Gasteiger partial charge < -0.3 is 14.8 Å². The van der Waals surface area contributed by atoms with Crippen molar-refractivity contribution in [2.24, 2.45) is 23.7 Å². The topological polar surface area (TPSA) is 81.7 Å². The minimum absolute atomic E-state index is 0.0428. The summed E-state index contributed by atoms with van der Waals surface area (Å²) >= 11 is 3.61. The van der Waals surface area contributed by atoms with Crippen LogP contribution in [0.15, 0.2) is 24.3 Å². The van der Waals surface area contributed by atoms with E-state index in [1.165, 1.54) is 0 Å². The van der Waals surface area contributed by atoms with E-state index in [9.17, 15) is 14.4 Å². The molecule has 3 fully saturated rings. The summed E-state index contributed by atoms with van der Waals surface area (Å²) in [5.41, 5.74) is 1.05. The number of carbonyl (C=O) groups excluding carboxylic acids is 3. The molecular formula is C20H22BrNO5. The number of hydrogen-bond donors (Lipinski definition) is 1. The normalized spacial score (nSPS) is 33.0. The second kappa shape index (κ2) is 7.26. The molecule has 1 saturated heterocycles. The molecule has 1 N–H and O–H groups in total. The molecule has 2 aliphatic carbocycles. The van der Waals surface area contributed by atoms with Crippen LogP contribution >= 0.6 is 15.9 Å². The van der Waals surface area contributed by atoms with E-state index in [4.69, 9.17) is 9.47 Å². The second-order valence-corrected chi connectivity index (χ2v) is 8.57. The van der Waals surface area contributed by atoms with Crippen LogP contribution in [-0.4, -0.2) is 35.4 Å². The third kappa shape index (κ3) is 3.16. The van der Waals surface area contributed by atoms with Crippen LogP contribution in [0.1, 0.15) is 36.5 Å². The summed E-state index contributed by atoms with van der Waals surface area (Å²) in [5.74, 6) is -1.22. The fraction of sp³-hybridized carbons (Fsp3) is 0.550. The fourth-order valence-corrected chi connectivity index (χ4v) is 5.68. The van der Waals surface area contributed by atoms with Crippen molar-refractivity contribution in [2.75, 3.05) is 11.9 Å². The first-order chi connectivity index (χ1) is 13.0. The molecule has 0 spiro atoms. The van der Waals surface area contributed by atoms with Crippen LogP contribution < -0.4 is 5.32 Å². The van der Waals surface area contributed by atoms with Gasteiger partial charge in [0.05, 0.1) is 28.8 Å². The molecule has 1 heterocycles. The van der Waals surface area contributed by atoms with E-state index < -0.39 is 0 Å². The molecule has 6 nitrogen and oxygen atoms in total. The molecule has 7 heteroatoms. The van der Waals surface area contributed by atoms with Gasteiger partial charge in [-0.25, -0.2) is 4.79 Å². The Balaban J connectivity index is 1.40. The molecule has 2 saturated carbocycles. The van der Waals surface area contributed by atoms with Crippen LogP contribution in [-0.2, 0) is 19.1 Å². The fourth-order valence-electron chi connectivity index (χ4n) is 4.64. The Kier molecular flexibility index (Phi) is 4.97. The summed E-state index contributed by atoms with van der Waals surface area (Å²) < 4.78 is 10.6. The highest BCUT2D eigenvalue weighted by Gasteiger charge is 2.67. The Morgan fingerprint density at radius 2 is 2.00 bits per heavy atom. The first-order valence-corrected chi connectivity index (χ1v) is 10.4. The number of unbranched alkanes of at least 4 members (excludes halogenated alkanes) is 1. The quantitative estimate of drug-likeness (QED) is 0.421. The highest BCUT2D eigenvalue weighted by molar-refractivity contribution is 9.09. The van der Waals surface area contributed by atoms with Gasteiger partial charge in [-0.05, 0) is 43.0 Å². The summed E-state index contributed by atoms with van der Waals surface area (Å²) in [6.45, 7) is 2.44. The maximum absolute atomic E-state index is 12.8. The van der Waals surface area contributed by atoms with E-state index >= 15 is 0 Å². The molecule has 1 aromatic carbocycles. The van der Waals surface area contributed by atoms with Crippen LogP contribution in [0.4, 0.5) is 5.69 Å². The summed E-state index contributed by atoms with van der Waals surface area (Å²) in [5, 5.41) is 2.89. The number of rotatable bonds is 6. The number of nitrogens with one attached hydrogen (secondary N) is 1. The van der Waals surface area contributed by atoms with Gasteiger partial charge in [0, 0.05) is 11.6 Å². The maximum atomic E-state index is 12.8. The van der Waals surface area contributed by atoms with Gasteiger partial charge in [-0.15, -0.1) is 0 Å². The second-order valence-electron chi connectivity index (χ2n) is 7.52. The molecule has 1 aliphatic heterocycles. The molecule has 0 radical (unpaired) electrons. The Bertz CT molecular complexity index is 764. The third-order valence-corrected chi connectivity index (χ3v) is 7.15. The zero-order chi connectivity index (χ0) is 19.1. The monoisotopic (exact) mass is 435 g/mol. The number of esters is 2. The van der Waals surface area contributed by atoms with Crippen molar-refractivity contribution in [3.05, 3.63) is 29.8 Å². The number of alkyl halides is 1. The third-order valence-electron chi connectivity index (χ3n) is 5.94. The van der Waals surface area contributed by atoms with E-state index in [2.05, 4.69) is 21.2 Å². The molecule has 27 heavy (non-hydrogen) atoms. The first kappa shape index (κ1) is 18.5. The Morgan fingerprint density at radius 3 is 2.70 bits per heavy atom. The maximum Gasteiger partial charge on any atom is 0.338 e. The summed E-state index contributed by atoms with van der Waals surface area (Å²) in [6.07, 6.45) is 2.56. The largest absolute Gasteiger partial charge is 0.462 e. The molecule has 3 aliphatic rings. The number of amides is 1. The lowest BCUT2D eigenvalue weighted by molar-refractivity contribution is -0.145. The Hall–Kier alpha value is -1.89. The van der Waals surface area contributed by atoms with Gasteiger partial charge in [-0.1, -0.05) is 29.3 Å². The zero-order valence-corrected chi connectivity index (χ0v) is 16.6. The van der Waals surface area contributed by atoms with Crippen molar-refractivity contribution < 1.29 is 23.9 Å². The van der Waals surface area contributed by atoms with Crippen LogP contribution in [0.3, 0.4) is 0 Å². The summed E-state index contributed by atoms with van der Waals surface area (Å²) in [6, 6.07) is 6.64. The summed E-state index contributed by atoms with van der Waals surface area (Å²) in [4.78, 5) is 37.0. The predicted molar refractivity (Wildman–Crippen MR) is 101 cm³/mol. The lowest BCUT2D eigenvalue weighted by Gasteiger charge is -2.27. The van der Waals surface area contributed by atoms with Crippen molar-refractivity contribution in [1.82, 2.24) is 0 Å². The van der Waals surface area contributed by atoms with Gasteiger partial charge >= 0.3 is 11.9 Å². The van der Waals surface area contributed by atoms with Gasteiger partial charge in [-0.2, -0.15) is 0 Å². The van der Waals surface area contributed by atoms with Crippen LogP contribution in [0.25, 0.3) is 0 Å². The van der Waals surface area contributed by atoms with E-state index in [1.54, 1.807) is 24.3 Å². The van der Waals surface area contributed by atoms with Crippen molar-refractivity contribution in [1.29, 1.82) is 0 Å². The van der Waals surface area contributed by atoms with E-state index in [0.29, 0.717) is 17.9 Å². The molecule has 4 rings (SSSR count). The molecule has 0 unspecified atom stereocenters. The number of halogens is 1. The average molecular weight is 436 g/mol. The Labute approximate surface area is 166 Å². The highest BCUT2D eigenvalue weighted by atomic mass is 79.9. The van der Waals surface area contributed by atoms with Crippen molar-refractivity contribution in [3.8, 4) is 0 Å². The molecule has 0 aromatic heterocycles. The number of fused-ring (bicyclic) bond motifs is 1. The zero-order valence-electron chi connectivity index (χ0n) is 15.0. The minimum atomic E-state index is -0.371. The molecule has 2 bridgehead atoms. The number of anilines is 1. The van der Waals surface area contributed by atoms with Gasteiger partial charge in [0.15, 0.2) is 0 Å². The smallest absolute Gasteiger partial charge is 0.338 e. The average Bonchev–Trinajstić information content (AvgIpc) is 3.26. The van der Waals surface area contributed by atoms with Gasteiger partial charge in [0.2, 0.25) is 5.91 Å². The number of ether oxygens (including phenoxy) is 2. The molecule has 1 amide bonds. The van der Waals surface area contributed by atoms with Crippen LogP contribution in [0, 0.1) is 23.7 Å². The molecule has 6 atom stereocenters. The molecular weight excluding hydrogens is 414 g/mol. The lowest BCUT2D eigenvalue weighted by atomic mass is 9.79. The van der Waals surface area contributed by atoms with Gasteiger partial charge in [0.1, 0.15) is 6.10 Å². The van der Waals surface area contributed by atoms with E-state index in [0.717, 1.165) is 19.3 Å². The molecule has 1 aromatic rings. The van der Waals surface area contributed by atoms with Gasteiger partial charge in [-0.3, -0.25) is 9.59 Å². The predicted octanol–water partition coefficient (Wildman–Crippen LogP) is 3.15. The molecule has 144 valence electrons. The van der Waals surface area contributed by atoms with Crippen molar-refractivity contribution in [2.45, 2.75) is 37.1 Å². The summed E-state index contributed by atoms with van der Waals surface area (Å²) in [7, 11) is 0. The van der Waals surface area contributed by atoms with E-state index in [-0.39, 0.29) is 52.4 Å². The SMILES string of the molecule is CCCCOC(=O)c1ccc(NC(=O)[C@@H]2[C@H]3C[C@H]4[C@H](OC(=O)[C@H]42)[C@@H]3Br)cc1. The van der Waals surface area contributed by atoms with Crippen molar-refractivity contribution in [3.63, 3.8) is 0 Å². The number of carbonyl (C=O) groups is 3. The van der Waals surface area contributed by atoms with Crippen LogP contribution in [0.2, 0.25) is 0 Å². The lowest BCUT2D eigenvalue weighted by Crippen LogP contribution is -2.40. The highest BCUT2D eigenvalue weighted by Crippen LogP contribution is 2.60. The van der Waals surface area contributed by atoms with Crippen molar-refractivity contribution >= 4 is 39.5 Å². The van der Waals surface area contributed by atoms with Crippen LogP contribution in [0.5, 0.6) is 0 Å². The number of hydrogen-bond acceptors (Lipinski definition) is 5. The first-order valence-electron chi connectivity index (χ1n) is 9.44. The van der Waals surface area contributed by atoms with E-state index in [1.807, 2.05) is 6.92 Å². The number of benzene rings is 1. The Morgan fingerprint density at radius 1 is 1.26 bits per heavy atom. The minimum Gasteiger partial charge on any atom is -0.462 e.